The van der Waals surface area contributed by atoms with Crippen molar-refractivity contribution in [2.75, 3.05) is 19.8 Å². The summed E-state index contributed by atoms with van der Waals surface area (Å²) >= 11 is 6.05. The fourth-order valence-corrected chi connectivity index (χ4v) is 3.57. The van der Waals surface area contributed by atoms with Crippen LogP contribution in [0.15, 0.2) is 48.5 Å². The number of rotatable bonds is 4. The van der Waals surface area contributed by atoms with Gasteiger partial charge in [0, 0.05) is 12.0 Å². The van der Waals surface area contributed by atoms with Gasteiger partial charge in [0.25, 0.3) is 5.91 Å². The highest BCUT2D eigenvalue weighted by molar-refractivity contribution is 6.32. The Morgan fingerprint density at radius 3 is 2.77 bits per heavy atom. The summed E-state index contributed by atoms with van der Waals surface area (Å²) in [6.45, 7) is 0.671. The average molecular weight is 373 g/mol. The third-order valence-electron chi connectivity index (χ3n) is 4.67. The molecule has 1 fully saturated rings. The van der Waals surface area contributed by atoms with E-state index in [-0.39, 0.29) is 19.1 Å². The Morgan fingerprint density at radius 1 is 1.15 bits per heavy atom. The Bertz CT molecular complexity index is 872. The molecule has 2 aromatic carbocycles. The van der Waals surface area contributed by atoms with Gasteiger partial charge in [0.05, 0.1) is 18.2 Å². The van der Waals surface area contributed by atoms with Crippen molar-refractivity contribution < 1.29 is 19.1 Å². The zero-order chi connectivity index (χ0) is 18.1. The lowest BCUT2D eigenvalue weighted by molar-refractivity contribution is -0.132. The van der Waals surface area contributed by atoms with E-state index in [0.29, 0.717) is 35.1 Å². The second kappa shape index (κ2) is 6.53. The number of nitrogens with one attached hydrogen (secondary N) is 1. The standard InChI is InChI=1S/C19H17ClN2O4/c20-14-6-2-4-8-16(14)26-12-10-22-17(23)19(21-18(22)24)9-11-25-15-7-3-1-5-13(15)19/h1-8H,9-12H2,(H,21,24)/t19-/m1/s1. The van der Waals surface area contributed by atoms with E-state index in [0.717, 1.165) is 0 Å². The van der Waals surface area contributed by atoms with Crippen LogP contribution in [0, 0.1) is 0 Å². The second-order valence-corrected chi connectivity index (χ2v) is 6.57. The molecule has 2 aliphatic rings. The third-order valence-corrected chi connectivity index (χ3v) is 4.98. The van der Waals surface area contributed by atoms with Crippen LogP contribution in [0.25, 0.3) is 0 Å². The van der Waals surface area contributed by atoms with E-state index in [2.05, 4.69) is 5.32 Å². The first-order valence-electron chi connectivity index (χ1n) is 8.35. The number of ether oxygens (including phenoxy) is 2. The van der Waals surface area contributed by atoms with Gasteiger partial charge in [-0.3, -0.25) is 9.69 Å². The van der Waals surface area contributed by atoms with Gasteiger partial charge in [-0.05, 0) is 18.2 Å². The van der Waals surface area contributed by atoms with E-state index in [1.54, 1.807) is 24.3 Å². The van der Waals surface area contributed by atoms with E-state index in [4.69, 9.17) is 21.1 Å². The quantitative estimate of drug-likeness (QED) is 0.838. The third kappa shape index (κ3) is 2.66. The molecule has 26 heavy (non-hydrogen) atoms. The lowest BCUT2D eigenvalue weighted by atomic mass is 9.84. The van der Waals surface area contributed by atoms with E-state index >= 15 is 0 Å². The molecule has 0 bridgehead atoms. The number of carbonyl (C=O) groups is 2. The fourth-order valence-electron chi connectivity index (χ4n) is 3.38. The average Bonchev–Trinajstić information content (AvgIpc) is 2.88. The summed E-state index contributed by atoms with van der Waals surface area (Å²) in [5.41, 5.74) is -0.366. The summed E-state index contributed by atoms with van der Waals surface area (Å²) in [5.74, 6) is 0.870. The first-order valence-corrected chi connectivity index (χ1v) is 8.73. The minimum atomic E-state index is -1.06. The van der Waals surface area contributed by atoms with Crippen molar-refractivity contribution in [1.82, 2.24) is 10.2 Å². The number of hydrogen-bond acceptors (Lipinski definition) is 4. The molecule has 1 N–H and O–H groups in total. The van der Waals surface area contributed by atoms with Crippen molar-refractivity contribution in [2.24, 2.45) is 0 Å². The SMILES string of the molecule is O=C1N[C@@]2(CCOc3ccccc32)C(=O)N1CCOc1ccccc1Cl. The van der Waals surface area contributed by atoms with Crippen molar-refractivity contribution in [3.05, 3.63) is 59.1 Å². The maximum atomic E-state index is 13.1. The number of amides is 3. The van der Waals surface area contributed by atoms with Gasteiger partial charge in [-0.15, -0.1) is 0 Å². The van der Waals surface area contributed by atoms with Crippen molar-refractivity contribution in [3.8, 4) is 11.5 Å². The maximum Gasteiger partial charge on any atom is 0.325 e. The molecule has 0 aromatic heterocycles. The highest BCUT2D eigenvalue weighted by atomic mass is 35.5. The van der Waals surface area contributed by atoms with Crippen molar-refractivity contribution >= 4 is 23.5 Å². The molecule has 3 amide bonds. The van der Waals surface area contributed by atoms with Crippen molar-refractivity contribution in [2.45, 2.75) is 12.0 Å². The zero-order valence-electron chi connectivity index (χ0n) is 13.9. The second-order valence-electron chi connectivity index (χ2n) is 6.17. The molecule has 2 heterocycles. The highest BCUT2D eigenvalue weighted by Gasteiger charge is 2.54. The van der Waals surface area contributed by atoms with Gasteiger partial charge >= 0.3 is 6.03 Å². The number of urea groups is 1. The Morgan fingerprint density at radius 2 is 1.92 bits per heavy atom. The normalized spacial score (nSPS) is 21.3. The van der Waals surface area contributed by atoms with Crippen LogP contribution in [-0.2, 0) is 10.3 Å². The van der Waals surface area contributed by atoms with Crippen LogP contribution in [0.3, 0.4) is 0 Å². The molecule has 7 heteroatoms. The lowest BCUT2D eigenvalue weighted by Gasteiger charge is -2.33. The lowest BCUT2D eigenvalue weighted by Crippen LogP contribution is -2.47. The molecule has 1 spiro atoms. The highest BCUT2D eigenvalue weighted by Crippen LogP contribution is 2.40. The zero-order valence-corrected chi connectivity index (χ0v) is 14.7. The van der Waals surface area contributed by atoms with E-state index in [9.17, 15) is 9.59 Å². The van der Waals surface area contributed by atoms with Gasteiger partial charge in [0.2, 0.25) is 0 Å². The number of imide groups is 1. The Balaban J connectivity index is 1.51. The molecule has 2 aliphatic heterocycles. The minimum absolute atomic E-state index is 0.140. The minimum Gasteiger partial charge on any atom is -0.493 e. The largest absolute Gasteiger partial charge is 0.493 e. The van der Waals surface area contributed by atoms with Crippen LogP contribution >= 0.6 is 11.6 Å². The van der Waals surface area contributed by atoms with Crippen LogP contribution < -0.4 is 14.8 Å². The van der Waals surface area contributed by atoms with E-state index < -0.39 is 11.6 Å². The molecule has 0 saturated carbocycles. The summed E-state index contributed by atoms with van der Waals surface area (Å²) in [7, 11) is 0. The first-order chi connectivity index (χ1) is 12.6. The maximum absolute atomic E-state index is 13.1. The molecular weight excluding hydrogens is 356 g/mol. The molecule has 2 aromatic rings. The molecule has 0 unspecified atom stereocenters. The number of halogens is 1. The van der Waals surface area contributed by atoms with Crippen LogP contribution in [0.1, 0.15) is 12.0 Å². The van der Waals surface area contributed by atoms with E-state index in [1.807, 2.05) is 24.3 Å². The molecular formula is C19H17ClN2O4. The van der Waals surface area contributed by atoms with Gasteiger partial charge < -0.3 is 14.8 Å². The van der Waals surface area contributed by atoms with Crippen LogP contribution in [0.5, 0.6) is 11.5 Å². The predicted molar refractivity (Wildman–Crippen MR) is 95.4 cm³/mol. The summed E-state index contributed by atoms with van der Waals surface area (Å²) in [6, 6.07) is 13.9. The van der Waals surface area contributed by atoms with Crippen LogP contribution in [0.4, 0.5) is 4.79 Å². The molecule has 1 saturated heterocycles. The topological polar surface area (TPSA) is 67.9 Å². The Kier molecular flexibility index (Phi) is 4.20. The predicted octanol–water partition coefficient (Wildman–Crippen LogP) is 2.95. The summed E-state index contributed by atoms with van der Waals surface area (Å²) in [6.07, 6.45) is 0.399. The summed E-state index contributed by atoms with van der Waals surface area (Å²) < 4.78 is 11.2. The smallest absolute Gasteiger partial charge is 0.325 e. The first kappa shape index (κ1) is 16.7. The number of carbonyl (C=O) groups excluding carboxylic acids is 2. The van der Waals surface area contributed by atoms with Gasteiger partial charge in [-0.1, -0.05) is 41.9 Å². The molecule has 134 valence electrons. The summed E-state index contributed by atoms with van der Waals surface area (Å²) in [5, 5.41) is 3.35. The molecule has 6 nitrogen and oxygen atoms in total. The number of para-hydroxylation sites is 2. The summed E-state index contributed by atoms with van der Waals surface area (Å²) in [4.78, 5) is 26.7. The molecule has 0 aliphatic carbocycles. The Hall–Kier alpha value is -2.73. The Labute approximate surface area is 155 Å². The van der Waals surface area contributed by atoms with Crippen molar-refractivity contribution in [3.63, 3.8) is 0 Å². The van der Waals surface area contributed by atoms with Gasteiger partial charge in [0.1, 0.15) is 18.1 Å². The monoisotopic (exact) mass is 372 g/mol. The molecule has 0 radical (unpaired) electrons. The van der Waals surface area contributed by atoms with Crippen LogP contribution in [-0.4, -0.2) is 36.6 Å². The van der Waals surface area contributed by atoms with E-state index in [1.165, 1.54) is 4.90 Å². The van der Waals surface area contributed by atoms with Gasteiger partial charge in [-0.25, -0.2) is 4.79 Å². The van der Waals surface area contributed by atoms with Gasteiger partial charge in [-0.2, -0.15) is 0 Å². The number of nitrogens with zero attached hydrogens (tertiary/aromatic N) is 1. The molecule has 4 rings (SSSR count). The fraction of sp³-hybridized carbons (Fsp3) is 0.263. The van der Waals surface area contributed by atoms with Crippen LogP contribution in [0.2, 0.25) is 5.02 Å². The number of benzene rings is 2. The number of hydrogen-bond donors (Lipinski definition) is 1. The van der Waals surface area contributed by atoms with Crippen molar-refractivity contribution in [1.29, 1.82) is 0 Å². The van der Waals surface area contributed by atoms with Gasteiger partial charge in [0.15, 0.2) is 5.54 Å². The number of fused-ring (bicyclic) bond motifs is 2. The molecule has 1 atom stereocenters.